The molecule has 1 N–H and O–H groups in total. The van der Waals surface area contributed by atoms with Crippen LogP contribution in [0.2, 0.25) is 15.2 Å². The molecular formula is C12H8Cl3NOS. The molecule has 0 fully saturated rings. The predicted molar refractivity (Wildman–Crippen MR) is 76.8 cm³/mol. The summed E-state index contributed by atoms with van der Waals surface area (Å²) in [5.74, 6) is 0. The van der Waals surface area contributed by atoms with Crippen LogP contribution in [0.4, 0.5) is 0 Å². The molecule has 1 atom stereocenters. The number of nitrogens with zero attached hydrogens (tertiary/aromatic N) is 1. The first-order chi connectivity index (χ1) is 8.49. The van der Waals surface area contributed by atoms with Gasteiger partial charge in [0.15, 0.2) is 5.15 Å². The van der Waals surface area contributed by atoms with Gasteiger partial charge in [-0.05, 0) is 29.2 Å². The van der Waals surface area contributed by atoms with E-state index < -0.39 is 5.60 Å². The van der Waals surface area contributed by atoms with E-state index in [0.717, 1.165) is 11.5 Å². The highest BCUT2D eigenvalue weighted by Crippen LogP contribution is 2.41. The largest absolute Gasteiger partial charge is 0.376 e. The van der Waals surface area contributed by atoms with Crippen molar-refractivity contribution in [1.29, 1.82) is 0 Å². The molecule has 6 heteroatoms. The third-order valence-corrected chi connectivity index (χ3v) is 4.70. The second-order valence-corrected chi connectivity index (χ2v) is 5.54. The van der Waals surface area contributed by atoms with E-state index in [4.69, 9.17) is 34.8 Å². The highest BCUT2D eigenvalue weighted by molar-refractivity contribution is 7.07. The molecule has 1 aromatic heterocycles. The lowest BCUT2D eigenvalue weighted by atomic mass is 9.92. The number of benzene rings is 1. The van der Waals surface area contributed by atoms with E-state index >= 15 is 0 Å². The third kappa shape index (κ3) is 2.29. The van der Waals surface area contributed by atoms with Crippen molar-refractivity contribution in [2.24, 2.45) is 0 Å². The van der Waals surface area contributed by atoms with Gasteiger partial charge in [0.25, 0.3) is 0 Å². The molecule has 0 amide bonds. The summed E-state index contributed by atoms with van der Waals surface area (Å²) in [6, 6.07) is 6.77. The van der Waals surface area contributed by atoms with Crippen molar-refractivity contribution in [2.75, 3.05) is 0 Å². The molecule has 1 aromatic carbocycles. The van der Waals surface area contributed by atoms with Crippen molar-refractivity contribution in [3.63, 3.8) is 0 Å². The molecule has 0 saturated carbocycles. The highest BCUT2D eigenvalue weighted by Gasteiger charge is 2.33. The molecule has 0 bridgehead atoms. The van der Waals surface area contributed by atoms with E-state index in [-0.39, 0.29) is 10.2 Å². The summed E-state index contributed by atoms with van der Waals surface area (Å²) in [4.78, 5) is 0.437. The third-order valence-electron chi connectivity index (χ3n) is 2.52. The highest BCUT2D eigenvalue weighted by atomic mass is 35.5. The number of hydrogen-bond acceptors (Lipinski definition) is 3. The molecule has 0 saturated heterocycles. The normalized spacial score (nSPS) is 14.2. The topological polar surface area (TPSA) is 33.1 Å². The van der Waals surface area contributed by atoms with Gasteiger partial charge in [-0.3, -0.25) is 0 Å². The standard InChI is InChI=1S/C12H8Cl3NOS/c1-2-12(17,7-3-5-8(13)6-4-7)10-9(14)11(15)16-18-10/h2-6,17H,1H2. The Kier molecular flexibility index (Phi) is 3.99. The summed E-state index contributed by atoms with van der Waals surface area (Å²) in [6.45, 7) is 3.65. The molecule has 18 heavy (non-hydrogen) atoms. The summed E-state index contributed by atoms with van der Waals surface area (Å²) in [5.41, 5.74) is -0.823. The van der Waals surface area contributed by atoms with Crippen LogP contribution in [0.3, 0.4) is 0 Å². The minimum absolute atomic E-state index is 0.172. The average Bonchev–Trinajstić information content (AvgIpc) is 2.70. The van der Waals surface area contributed by atoms with Gasteiger partial charge in [-0.1, -0.05) is 59.6 Å². The van der Waals surface area contributed by atoms with Gasteiger partial charge in [0.05, 0.1) is 9.90 Å². The van der Waals surface area contributed by atoms with Gasteiger partial charge in [-0.15, -0.1) is 0 Å². The van der Waals surface area contributed by atoms with Crippen molar-refractivity contribution in [1.82, 2.24) is 4.37 Å². The van der Waals surface area contributed by atoms with E-state index in [1.54, 1.807) is 24.3 Å². The fourth-order valence-electron chi connectivity index (χ4n) is 1.54. The minimum atomic E-state index is -1.42. The van der Waals surface area contributed by atoms with Gasteiger partial charge >= 0.3 is 0 Å². The zero-order valence-corrected chi connectivity index (χ0v) is 12.1. The molecule has 2 aromatic rings. The molecule has 1 unspecified atom stereocenters. The minimum Gasteiger partial charge on any atom is -0.376 e. The van der Waals surface area contributed by atoms with Gasteiger partial charge in [0.2, 0.25) is 0 Å². The smallest absolute Gasteiger partial charge is 0.161 e. The molecule has 0 aliphatic carbocycles. The van der Waals surface area contributed by atoms with Crippen LogP contribution < -0.4 is 0 Å². The lowest BCUT2D eigenvalue weighted by molar-refractivity contribution is 0.139. The summed E-state index contributed by atoms with van der Waals surface area (Å²) in [6.07, 6.45) is 1.39. The Bertz CT molecular complexity index is 582. The van der Waals surface area contributed by atoms with Gasteiger partial charge in [-0.2, -0.15) is 4.37 Å². The Morgan fingerprint density at radius 1 is 1.22 bits per heavy atom. The maximum absolute atomic E-state index is 10.7. The molecule has 94 valence electrons. The molecular weight excluding hydrogens is 313 g/mol. The zero-order chi connectivity index (χ0) is 13.3. The van der Waals surface area contributed by atoms with Crippen LogP contribution in [0.1, 0.15) is 10.4 Å². The number of rotatable bonds is 3. The van der Waals surface area contributed by atoms with Crippen molar-refractivity contribution >= 4 is 46.3 Å². The quantitative estimate of drug-likeness (QED) is 0.843. The Morgan fingerprint density at radius 2 is 1.83 bits per heavy atom. The first-order valence-corrected chi connectivity index (χ1v) is 6.83. The Labute approximate surface area is 124 Å². The van der Waals surface area contributed by atoms with Gasteiger partial charge in [0, 0.05) is 5.02 Å². The van der Waals surface area contributed by atoms with Crippen molar-refractivity contribution in [3.8, 4) is 0 Å². The average molecular weight is 321 g/mol. The summed E-state index contributed by atoms with van der Waals surface area (Å²) >= 11 is 18.7. The van der Waals surface area contributed by atoms with Gasteiger partial charge in [-0.25, -0.2) is 0 Å². The van der Waals surface area contributed by atoms with Crippen LogP contribution in [-0.2, 0) is 5.60 Å². The molecule has 0 spiro atoms. The summed E-state index contributed by atoms with van der Waals surface area (Å²) < 4.78 is 3.91. The molecule has 2 nitrogen and oxygen atoms in total. The van der Waals surface area contributed by atoms with Crippen LogP contribution in [0.25, 0.3) is 0 Å². The fraction of sp³-hybridized carbons (Fsp3) is 0.0833. The Hall–Kier alpha value is -0.580. The van der Waals surface area contributed by atoms with Crippen molar-refractivity contribution in [3.05, 3.63) is 62.6 Å². The fourth-order valence-corrected chi connectivity index (χ4v) is 3.04. The molecule has 0 aliphatic heterocycles. The van der Waals surface area contributed by atoms with Crippen LogP contribution in [-0.4, -0.2) is 9.48 Å². The van der Waals surface area contributed by atoms with Crippen molar-refractivity contribution < 1.29 is 5.11 Å². The Balaban J connectivity index is 2.58. The number of aromatic nitrogens is 1. The molecule has 1 heterocycles. The monoisotopic (exact) mass is 319 g/mol. The van der Waals surface area contributed by atoms with E-state index in [9.17, 15) is 5.11 Å². The molecule has 2 rings (SSSR count). The van der Waals surface area contributed by atoms with Crippen LogP contribution in [0.15, 0.2) is 36.9 Å². The maximum atomic E-state index is 10.7. The summed E-state index contributed by atoms with van der Waals surface area (Å²) in [7, 11) is 0. The Morgan fingerprint density at radius 3 is 2.28 bits per heavy atom. The molecule has 0 aliphatic rings. The lowest BCUT2D eigenvalue weighted by Crippen LogP contribution is -2.23. The van der Waals surface area contributed by atoms with Gasteiger partial charge in [0.1, 0.15) is 5.60 Å². The SMILES string of the molecule is C=CC(O)(c1ccc(Cl)cc1)c1snc(Cl)c1Cl. The number of aliphatic hydroxyl groups is 1. The van der Waals surface area contributed by atoms with Crippen molar-refractivity contribution in [2.45, 2.75) is 5.60 Å². The van der Waals surface area contributed by atoms with E-state index in [0.29, 0.717) is 15.5 Å². The second kappa shape index (κ2) is 5.19. The number of halogens is 3. The van der Waals surface area contributed by atoms with Crippen LogP contribution >= 0.6 is 46.3 Å². The first-order valence-electron chi connectivity index (χ1n) is 4.92. The van der Waals surface area contributed by atoms with Crippen LogP contribution in [0, 0.1) is 0 Å². The number of hydrogen-bond donors (Lipinski definition) is 1. The summed E-state index contributed by atoms with van der Waals surface area (Å²) in [5, 5.41) is 11.7. The zero-order valence-electron chi connectivity index (χ0n) is 9.03. The first kappa shape index (κ1) is 13.8. The van der Waals surface area contributed by atoms with Gasteiger partial charge < -0.3 is 5.11 Å². The maximum Gasteiger partial charge on any atom is 0.161 e. The lowest BCUT2D eigenvalue weighted by Gasteiger charge is -2.23. The molecule has 0 radical (unpaired) electrons. The second-order valence-electron chi connectivity index (χ2n) is 3.59. The van der Waals surface area contributed by atoms with Crippen LogP contribution in [0.5, 0.6) is 0 Å². The van der Waals surface area contributed by atoms with E-state index in [1.807, 2.05) is 0 Å². The van der Waals surface area contributed by atoms with E-state index in [2.05, 4.69) is 11.0 Å². The predicted octanol–water partition coefficient (Wildman–Crippen LogP) is 4.53. The van der Waals surface area contributed by atoms with E-state index in [1.165, 1.54) is 6.08 Å².